The predicted octanol–water partition coefficient (Wildman–Crippen LogP) is 3.61. The highest BCUT2D eigenvalue weighted by atomic mass is 32.2. The van der Waals surface area contributed by atoms with Crippen LogP contribution in [0.3, 0.4) is 0 Å². The van der Waals surface area contributed by atoms with E-state index in [1.165, 1.54) is 12.1 Å². The molecule has 0 N–H and O–H groups in total. The number of thioether (sulfide) groups is 1. The van der Waals surface area contributed by atoms with Crippen molar-refractivity contribution in [2.75, 3.05) is 18.8 Å². The van der Waals surface area contributed by atoms with Gasteiger partial charge in [-0.1, -0.05) is 13.8 Å². The minimum atomic E-state index is -0.304. The summed E-state index contributed by atoms with van der Waals surface area (Å²) < 4.78 is 13.2. The Morgan fingerprint density at radius 2 is 1.95 bits per heavy atom. The molecule has 2 rings (SSSR count). The summed E-state index contributed by atoms with van der Waals surface area (Å²) in [6.45, 7) is 8.34. The van der Waals surface area contributed by atoms with E-state index in [0.29, 0.717) is 5.56 Å². The summed E-state index contributed by atoms with van der Waals surface area (Å²) in [5.41, 5.74) is 0.593. The Balaban J connectivity index is 2.05. The fourth-order valence-corrected chi connectivity index (χ4v) is 3.56. The topological polar surface area (TPSA) is 20.3 Å². The van der Waals surface area contributed by atoms with Crippen LogP contribution in [0.15, 0.2) is 24.3 Å². The van der Waals surface area contributed by atoms with Gasteiger partial charge in [0.15, 0.2) is 5.78 Å². The lowest BCUT2D eigenvalue weighted by atomic mass is 10.0. The maximum atomic E-state index is 12.9. The van der Waals surface area contributed by atoms with E-state index < -0.39 is 0 Å². The Labute approximate surface area is 124 Å². The molecule has 0 amide bonds. The summed E-state index contributed by atoms with van der Waals surface area (Å²) >= 11 is 1.97. The summed E-state index contributed by atoms with van der Waals surface area (Å²) in [5.74, 6) is 0.824. The molecule has 2 nitrogen and oxygen atoms in total. The predicted molar refractivity (Wildman–Crippen MR) is 82.9 cm³/mol. The van der Waals surface area contributed by atoms with Gasteiger partial charge in [0.1, 0.15) is 5.82 Å². The zero-order chi connectivity index (χ0) is 14.8. The molecule has 0 spiro atoms. The van der Waals surface area contributed by atoms with Gasteiger partial charge in [-0.25, -0.2) is 4.39 Å². The van der Waals surface area contributed by atoms with Gasteiger partial charge >= 0.3 is 0 Å². The van der Waals surface area contributed by atoms with Crippen LogP contribution in [0.5, 0.6) is 0 Å². The molecule has 0 bridgehead atoms. The third-order valence-electron chi connectivity index (χ3n) is 3.93. The van der Waals surface area contributed by atoms with Gasteiger partial charge in [-0.05, 0) is 37.6 Å². The highest BCUT2D eigenvalue weighted by Crippen LogP contribution is 2.31. The van der Waals surface area contributed by atoms with Crippen molar-refractivity contribution in [1.82, 2.24) is 4.90 Å². The van der Waals surface area contributed by atoms with Crippen LogP contribution in [-0.2, 0) is 0 Å². The van der Waals surface area contributed by atoms with Crippen molar-refractivity contribution in [3.05, 3.63) is 35.6 Å². The smallest absolute Gasteiger partial charge is 0.179 e. The van der Waals surface area contributed by atoms with Gasteiger partial charge in [0.2, 0.25) is 0 Å². The first-order chi connectivity index (χ1) is 9.39. The van der Waals surface area contributed by atoms with Crippen molar-refractivity contribution in [3.63, 3.8) is 0 Å². The van der Waals surface area contributed by atoms with E-state index in [0.717, 1.165) is 25.3 Å². The van der Waals surface area contributed by atoms with Crippen LogP contribution < -0.4 is 0 Å². The lowest BCUT2D eigenvalue weighted by Gasteiger charge is -2.27. The summed E-state index contributed by atoms with van der Waals surface area (Å²) in [5, 5.41) is 0. The molecule has 0 radical (unpaired) electrons. The SMILES string of the molecule is CC(C(=O)c1ccc(F)cc1)N1CCSC(C)(C)CC1. The molecule has 4 heteroatoms. The van der Waals surface area contributed by atoms with Gasteiger partial charge in [0.05, 0.1) is 6.04 Å². The van der Waals surface area contributed by atoms with E-state index in [4.69, 9.17) is 0 Å². The Morgan fingerprint density at radius 1 is 1.30 bits per heavy atom. The van der Waals surface area contributed by atoms with E-state index in [9.17, 15) is 9.18 Å². The quantitative estimate of drug-likeness (QED) is 0.795. The molecule has 1 aromatic rings. The van der Waals surface area contributed by atoms with E-state index in [-0.39, 0.29) is 22.4 Å². The molecule has 20 heavy (non-hydrogen) atoms. The monoisotopic (exact) mass is 295 g/mol. The van der Waals surface area contributed by atoms with Crippen LogP contribution in [0, 0.1) is 5.82 Å². The minimum absolute atomic E-state index is 0.0784. The van der Waals surface area contributed by atoms with Crippen LogP contribution in [-0.4, -0.2) is 40.3 Å². The number of hydrogen-bond acceptors (Lipinski definition) is 3. The molecule has 0 aromatic heterocycles. The Kier molecular flexibility index (Phi) is 4.86. The maximum Gasteiger partial charge on any atom is 0.179 e. The molecule has 0 aliphatic carbocycles. The number of carbonyl (C=O) groups is 1. The third kappa shape index (κ3) is 3.83. The summed E-state index contributed by atoms with van der Waals surface area (Å²) in [6.07, 6.45) is 1.08. The molecule has 1 aromatic carbocycles. The summed E-state index contributed by atoms with van der Waals surface area (Å²) in [7, 11) is 0. The first-order valence-electron chi connectivity index (χ1n) is 7.07. The molecule has 1 fully saturated rings. The standard InChI is InChI=1S/C16H22FNOS/c1-12(15(19)13-4-6-14(17)7-5-13)18-9-8-16(2,3)20-11-10-18/h4-7,12H,8-11H2,1-3H3. The molecule has 1 aliphatic heterocycles. The van der Waals surface area contributed by atoms with Gasteiger partial charge in [0, 0.05) is 29.2 Å². The highest BCUT2D eigenvalue weighted by Gasteiger charge is 2.28. The normalized spacial score (nSPS) is 21.2. The number of halogens is 1. The molecule has 110 valence electrons. The molecular weight excluding hydrogens is 273 g/mol. The molecular formula is C16H22FNOS. The molecule has 1 saturated heterocycles. The minimum Gasteiger partial charge on any atom is -0.293 e. The Hall–Kier alpha value is -0.870. The third-order valence-corrected chi connectivity index (χ3v) is 5.30. The van der Waals surface area contributed by atoms with Gasteiger partial charge in [-0.3, -0.25) is 9.69 Å². The maximum absolute atomic E-state index is 12.9. The molecule has 1 heterocycles. The van der Waals surface area contributed by atoms with Gasteiger partial charge in [-0.2, -0.15) is 11.8 Å². The first kappa shape index (κ1) is 15.5. The number of hydrogen-bond donors (Lipinski definition) is 0. The van der Waals surface area contributed by atoms with Crippen molar-refractivity contribution < 1.29 is 9.18 Å². The van der Waals surface area contributed by atoms with E-state index >= 15 is 0 Å². The average molecular weight is 295 g/mol. The van der Waals surface area contributed by atoms with Crippen LogP contribution >= 0.6 is 11.8 Å². The summed E-state index contributed by atoms with van der Waals surface area (Å²) in [6, 6.07) is 5.70. The van der Waals surface area contributed by atoms with Crippen molar-refractivity contribution in [1.29, 1.82) is 0 Å². The Morgan fingerprint density at radius 3 is 2.60 bits per heavy atom. The zero-order valence-electron chi connectivity index (χ0n) is 12.4. The molecule has 1 aliphatic rings. The second kappa shape index (κ2) is 6.27. The Bertz CT molecular complexity index is 472. The van der Waals surface area contributed by atoms with Gasteiger partial charge in [0.25, 0.3) is 0 Å². The second-order valence-electron chi connectivity index (χ2n) is 5.94. The van der Waals surface area contributed by atoms with E-state index in [1.807, 2.05) is 18.7 Å². The number of benzene rings is 1. The first-order valence-corrected chi connectivity index (χ1v) is 8.05. The van der Waals surface area contributed by atoms with Gasteiger partial charge in [-0.15, -0.1) is 0 Å². The number of ketones is 1. The number of Topliss-reactive ketones (excluding diaryl/α,β-unsaturated/α-hetero) is 1. The largest absolute Gasteiger partial charge is 0.293 e. The summed E-state index contributed by atoms with van der Waals surface area (Å²) in [4.78, 5) is 14.7. The van der Waals surface area contributed by atoms with Crippen LogP contribution in [0.1, 0.15) is 37.6 Å². The second-order valence-corrected chi connectivity index (χ2v) is 7.74. The average Bonchev–Trinajstić information content (AvgIpc) is 2.59. The van der Waals surface area contributed by atoms with Crippen molar-refractivity contribution in [2.24, 2.45) is 0 Å². The van der Waals surface area contributed by atoms with E-state index in [2.05, 4.69) is 18.7 Å². The molecule has 1 atom stereocenters. The number of rotatable bonds is 3. The van der Waals surface area contributed by atoms with Crippen molar-refractivity contribution in [2.45, 2.75) is 38.0 Å². The van der Waals surface area contributed by atoms with Crippen LogP contribution in [0.4, 0.5) is 4.39 Å². The molecule has 0 saturated carbocycles. The highest BCUT2D eigenvalue weighted by molar-refractivity contribution is 8.00. The zero-order valence-corrected chi connectivity index (χ0v) is 13.2. The lowest BCUT2D eigenvalue weighted by molar-refractivity contribution is 0.0844. The fourth-order valence-electron chi connectivity index (χ4n) is 2.44. The lowest BCUT2D eigenvalue weighted by Crippen LogP contribution is -2.40. The van der Waals surface area contributed by atoms with Crippen molar-refractivity contribution in [3.8, 4) is 0 Å². The number of carbonyl (C=O) groups excluding carboxylic acids is 1. The van der Waals surface area contributed by atoms with Crippen LogP contribution in [0.25, 0.3) is 0 Å². The fraction of sp³-hybridized carbons (Fsp3) is 0.562. The molecule has 1 unspecified atom stereocenters. The number of nitrogens with zero attached hydrogens (tertiary/aromatic N) is 1. The van der Waals surface area contributed by atoms with E-state index in [1.54, 1.807) is 12.1 Å². The van der Waals surface area contributed by atoms with Crippen LogP contribution in [0.2, 0.25) is 0 Å². The van der Waals surface area contributed by atoms with Gasteiger partial charge < -0.3 is 0 Å². The van der Waals surface area contributed by atoms with Crippen molar-refractivity contribution >= 4 is 17.5 Å².